The number of phosphoric acid groups is 1. The van der Waals surface area contributed by atoms with E-state index in [0.29, 0.717) is 6.42 Å². The normalized spacial score (nSPS) is 25.8. The molecule has 0 aromatic carbocycles. The Hall–Kier alpha value is -2.19. The number of carbonyl (C=O) groups excluding carboxylic acids is 2. The molecule has 0 aromatic rings. The van der Waals surface area contributed by atoms with E-state index in [2.05, 4.69) is 55.5 Å². The summed E-state index contributed by atoms with van der Waals surface area (Å²) in [5.74, 6) is -1.24. The first kappa shape index (κ1) is 41.8. The molecule has 6 atom stereocenters. The van der Waals surface area contributed by atoms with Crippen molar-refractivity contribution in [1.29, 1.82) is 0 Å². The highest BCUT2D eigenvalue weighted by molar-refractivity contribution is 7.47. The van der Waals surface area contributed by atoms with Gasteiger partial charge in [-0.3, -0.25) is 18.6 Å². The lowest BCUT2D eigenvalue weighted by atomic mass is 9.85. The number of ether oxygens (including phenoxy) is 2. The lowest BCUT2D eigenvalue weighted by Gasteiger charge is -2.41. The summed E-state index contributed by atoms with van der Waals surface area (Å²) in [4.78, 5) is 34.1. The molecule has 6 unspecified atom stereocenters. The average molecular weight is 677 g/mol. The maximum absolute atomic E-state index is 12.5. The predicted octanol–water partition coefficient (Wildman–Crippen LogP) is 3.32. The van der Waals surface area contributed by atoms with Crippen LogP contribution in [0.15, 0.2) is 48.6 Å². The second-order valence-electron chi connectivity index (χ2n) is 10.9. The molecule has 264 valence electrons. The maximum atomic E-state index is 12.5. The van der Waals surface area contributed by atoms with Gasteiger partial charge in [-0.2, -0.15) is 0 Å². The van der Waals surface area contributed by atoms with Crippen LogP contribution in [0.2, 0.25) is 0 Å². The van der Waals surface area contributed by atoms with Crippen molar-refractivity contribution in [2.24, 2.45) is 0 Å². The highest BCUT2D eigenvalue weighted by Crippen LogP contribution is 2.47. The van der Waals surface area contributed by atoms with Crippen LogP contribution < -0.4 is 0 Å². The second-order valence-corrected chi connectivity index (χ2v) is 12.3. The van der Waals surface area contributed by atoms with Crippen molar-refractivity contribution in [3.8, 4) is 0 Å². The highest BCUT2D eigenvalue weighted by atomic mass is 31.2. The van der Waals surface area contributed by atoms with Gasteiger partial charge < -0.3 is 39.9 Å². The molecule has 13 nitrogen and oxygen atoms in total. The highest BCUT2D eigenvalue weighted by Gasteiger charge is 2.51. The van der Waals surface area contributed by atoms with Gasteiger partial charge in [0.05, 0.1) is 6.61 Å². The Morgan fingerprint density at radius 1 is 0.696 bits per heavy atom. The van der Waals surface area contributed by atoms with Crippen molar-refractivity contribution in [1.82, 2.24) is 0 Å². The summed E-state index contributed by atoms with van der Waals surface area (Å²) in [7, 11) is -5.09. The van der Waals surface area contributed by atoms with Gasteiger partial charge in [-0.25, -0.2) is 4.57 Å². The first-order valence-corrected chi connectivity index (χ1v) is 17.4. The van der Waals surface area contributed by atoms with Crippen molar-refractivity contribution >= 4 is 19.8 Å². The Bertz CT molecular complexity index is 1010. The zero-order valence-corrected chi connectivity index (χ0v) is 27.7. The molecule has 0 spiro atoms. The van der Waals surface area contributed by atoms with Crippen molar-refractivity contribution in [3.63, 3.8) is 0 Å². The zero-order valence-electron chi connectivity index (χ0n) is 26.8. The average Bonchev–Trinajstić information content (AvgIpc) is 3.03. The fourth-order valence-corrected chi connectivity index (χ4v) is 5.29. The summed E-state index contributed by atoms with van der Waals surface area (Å²) < 4.78 is 32.4. The number of aliphatic hydroxyl groups is 5. The minimum Gasteiger partial charge on any atom is -0.462 e. The van der Waals surface area contributed by atoms with E-state index in [1.165, 1.54) is 0 Å². The summed E-state index contributed by atoms with van der Waals surface area (Å²) in [5.41, 5.74) is 0. The van der Waals surface area contributed by atoms with Gasteiger partial charge in [-0.05, 0) is 44.9 Å². The van der Waals surface area contributed by atoms with Gasteiger partial charge >= 0.3 is 19.8 Å². The first-order valence-electron chi connectivity index (χ1n) is 15.9. The third-order valence-electron chi connectivity index (χ3n) is 6.99. The molecule has 0 amide bonds. The minimum atomic E-state index is -5.09. The molecular formula is C32H53O13P. The fourth-order valence-electron chi connectivity index (χ4n) is 4.31. The maximum Gasteiger partial charge on any atom is 0.472 e. The Balaban J connectivity index is 2.40. The Labute approximate surface area is 271 Å². The van der Waals surface area contributed by atoms with Crippen LogP contribution >= 0.6 is 7.82 Å². The summed E-state index contributed by atoms with van der Waals surface area (Å²) in [6.45, 7) is 2.45. The zero-order chi connectivity index (χ0) is 34.4. The summed E-state index contributed by atoms with van der Waals surface area (Å²) >= 11 is 0. The van der Waals surface area contributed by atoms with Crippen molar-refractivity contribution in [2.45, 2.75) is 127 Å². The van der Waals surface area contributed by atoms with Gasteiger partial charge in [0.15, 0.2) is 6.10 Å². The van der Waals surface area contributed by atoms with Crippen LogP contribution in [0, 0.1) is 0 Å². The number of esters is 2. The number of hydrogen-bond acceptors (Lipinski definition) is 12. The van der Waals surface area contributed by atoms with E-state index >= 15 is 0 Å². The van der Waals surface area contributed by atoms with Crippen LogP contribution in [-0.4, -0.2) is 98.3 Å². The predicted molar refractivity (Wildman–Crippen MR) is 170 cm³/mol. The molecule has 1 aliphatic rings. The number of aliphatic hydroxyl groups excluding tert-OH is 5. The first-order chi connectivity index (χ1) is 21.9. The Kier molecular flexibility index (Phi) is 21.8. The van der Waals surface area contributed by atoms with Crippen molar-refractivity contribution in [3.05, 3.63) is 48.6 Å². The quantitative estimate of drug-likeness (QED) is 0.0398. The smallest absolute Gasteiger partial charge is 0.462 e. The van der Waals surface area contributed by atoms with Gasteiger partial charge in [0, 0.05) is 12.8 Å². The van der Waals surface area contributed by atoms with Gasteiger partial charge in [-0.1, -0.05) is 75.3 Å². The van der Waals surface area contributed by atoms with E-state index in [4.69, 9.17) is 18.5 Å². The van der Waals surface area contributed by atoms with Crippen LogP contribution in [-0.2, 0) is 32.7 Å². The Morgan fingerprint density at radius 3 is 1.78 bits per heavy atom. The topological polar surface area (TPSA) is 210 Å². The molecule has 46 heavy (non-hydrogen) atoms. The van der Waals surface area contributed by atoms with E-state index < -0.39 is 75.7 Å². The number of unbranched alkanes of at least 4 members (excludes halogenated alkanes) is 4. The third-order valence-corrected chi connectivity index (χ3v) is 7.97. The molecular weight excluding hydrogens is 623 g/mol. The largest absolute Gasteiger partial charge is 0.472 e. The second kappa shape index (κ2) is 24.0. The standard InChI is InChI=1S/C32H53O13P/c1-3-5-6-7-8-9-10-11-12-13-14-15-16-17-18-19-20-21-26(34)44-24(22-42-25(33)4-2)23-43-46(40,41)45-32-30(38)28(36)27(35)29(37)31(32)39/h5-6,8-9,11-12,14-15,24,27-32,35-39H,3-4,7,10,13,16-23H2,1-2H3,(H,40,41)/b6-5-,9-8-,12-11-,15-14-. The van der Waals surface area contributed by atoms with Crippen LogP contribution in [0.25, 0.3) is 0 Å². The number of phosphoric ester groups is 1. The monoisotopic (exact) mass is 676 g/mol. The summed E-state index contributed by atoms with van der Waals surface area (Å²) in [6.07, 6.45) is 12.0. The third kappa shape index (κ3) is 17.7. The number of carbonyl (C=O) groups is 2. The lowest BCUT2D eigenvalue weighted by molar-refractivity contribution is -0.220. The molecule has 0 aliphatic heterocycles. The van der Waals surface area contributed by atoms with Crippen molar-refractivity contribution in [2.75, 3.05) is 13.2 Å². The SMILES string of the molecule is CC/C=C\C/C=C\C/C=C\C/C=C\CCCCCCC(=O)OC(COC(=O)CC)COP(=O)(O)OC1C(O)C(O)C(O)C(O)C1O. The van der Waals surface area contributed by atoms with Gasteiger partial charge in [0.25, 0.3) is 0 Å². The molecule has 0 saturated heterocycles. The summed E-state index contributed by atoms with van der Waals surface area (Å²) in [6, 6.07) is 0. The molecule has 1 fully saturated rings. The molecule has 1 rings (SSSR count). The molecule has 0 heterocycles. The number of hydrogen-bond donors (Lipinski definition) is 6. The summed E-state index contributed by atoms with van der Waals surface area (Å²) in [5, 5.41) is 49.3. The van der Waals surface area contributed by atoms with E-state index in [0.717, 1.165) is 51.4 Å². The van der Waals surface area contributed by atoms with Gasteiger partial charge in [0.2, 0.25) is 0 Å². The number of allylic oxidation sites excluding steroid dienone is 8. The van der Waals surface area contributed by atoms with Crippen LogP contribution in [0.3, 0.4) is 0 Å². The minimum absolute atomic E-state index is 0.0397. The van der Waals surface area contributed by atoms with Gasteiger partial charge in [-0.15, -0.1) is 0 Å². The molecule has 1 aliphatic carbocycles. The number of rotatable bonds is 23. The van der Waals surface area contributed by atoms with Crippen LogP contribution in [0.5, 0.6) is 0 Å². The van der Waals surface area contributed by atoms with E-state index in [9.17, 15) is 44.6 Å². The molecule has 0 radical (unpaired) electrons. The molecule has 14 heteroatoms. The van der Waals surface area contributed by atoms with Crippen molar-refractivity contribution < 1.29 is 63.1 Å². The molecule has 0 aromatic heterocycles. The van der Waals surface area contributed by atoms with E-state index in [1.54, 1.807) is 6.92 Å². The van der Waals surface area contributed by atoms with Crippen LogP contribution in [0.4, 0.5) is 0 Å². The molecule has 1 saturated carbocycles. The molecule has 6 N–H and O–H groups in total. The Morgan fingerprint density at radius 2 is 1.22 bits per heavy atom. The van der Waals surface area contributed by atoms with Gasteiger partial charge in [0.1, 0.15) is 43.2 Å². The molecule has 0 bridgehead atoms. The lowest BCUT2D eigenvalue weighted by Crippen LogP contribution is -2.64. The van der Waals surface area contributed by atoms with E-state index in [-0.39, 0.29) is 12.8 Å². The fraction of sp³-hybridized carbons (Fsp3) is 0.688. The van der Waals surface area contributed by atoms with E-state index in [1.807, 2.05) is 0 Å². The van der Waals surface area contributed by atoms with Crippen LogP contribution in [0.1, 0.15) is 84.5 Å².